The third-order valence-electron chi connectivity index (χ3n) is 12.7. The Kier molecular flexibility index (Phi) is 40.9. The number of carbonyl (C=O) groups excluding carboxylic acids is 8. The number of aliphatic imine (C=N–C) groups is 8. The van der Waals surface area contributed by atoms with Crippen molar-refractivity contribution in [1.82, 2.24) is 42.5 Å². The van der Waals surface area contributed by atoms with E-state index in [2.05, 4.69) is 82.5 Å². The number of carbonyl (C=O) groups is 8. The van der Waals surface area contributed by atoms with E-state index in [4.69, 9.17) is 97.5 Å². The lowest BCUT2D eigenvalue weighted by Crippen LogP contribution is -2.60. The van der Waals surface area contributed by atoms with Crippen LogP contribution >= 0.6 is 0 Å². The van der Waals surface area contributed by atoms with Crippen LogP contribution in [0.25, 0.3) is 0 Å². The van der Waals surface area contributed by atoms with E-state index in [-0.39, 0.29) is 196 Å². The molecule has 8 atom stereocenters. The highest BCUT2D eigenvalue weighted by Gasteiger charge is 2.34. The van der Waals surface area contributed by atoms with Crippen LogP contribution < -0.4 is 140 Å². The van der Waals surface area contributed by atoms with Gasteiger partial charge in [-0.05, 0) is 110 Å². The molecule has 0 saturated heterocycles. The number of rotatable bonds is 48. The zero-order valence-corrected chi connectivity index (χ0v) is 51.2. The van der Waals surface area contributed by atoms with E-state index in [1.165, 1.54) is 0 Å². The molecule has 0 aromatic rings. The molecule has 0 aromatic carbocycles. The van der Waals surface area contributed by atoms with Crippen molar-refractivity contribution < 1.29 is 38.4 Å². The van der Waals surface area contributed by atoms with E-state index < -0.39 is 95.6 Å². The predicted molar refractivity (Wildman–Crippen MR) is 345 cm³/mol. The summed E-state index contributed by atoms with van der Waals surface area (Å²) in [6.45, 7) is 0.341. The van der Waals surface area contributed by atoms with Crippen molar-refractivity contribution in [2.24, 2.45) is 137 Å². The fourth-order valence-electron chi connectivity index (χ4n) is 8.24. The van der Waals surface area contributed by atoms with Gasteiger partial charge in [-0.25, -0.2) is 0 Å². The number of amides is 8. The number of nitrogens with two attached hydrogens (primary N) is 17. The first-order valence-electron chi connectivity index (χ1n) is 29.0. The van der Waals surface area contributed by atoms with Crippen molar-refractivity contribution in [3.05, 3.63) is 0 Å². The SMILES string of the molecule is CN[C@@H](CCCN=C(N)N)C(=O)N[C@@H](CCCN=C(N)N)C(=O)N[C@@H](CCCN=C(N)N)C(=O)N[C@@H](CCCN=C(N)N)C(=O)N[C@@H](CCCN=C(N)N)C(=O)N[C@@H](CCCN=C(N)N)C(=O)N[C@@H](CCCN=C(N)N)C(=O)N[C@@H](CCCN=C(N)N)C(N)=O. The fraction of sp³-hybridized carbons (Fsp3) is 0.673. The zero-order valence-electron chi connectivity index (χ0n) is 51.2. The summed E-state index contributed by atoms with van der Waals surface area (Å²) in [5.74, 6) is -8.61. The maximum Gasteiger partial charge on any atom is 0.243 e. The van der Waals surface area contributed by atoms with Crippen LogP contribution in [0.3, 0.4) is 0 Å². The molecule has 0 rings (SSSR count). The third kappa shape index (κ3) is 39.6. The van der Waals surface area contributed by atoms with Crippen LogP contribution in [0, 0.1) is 0 Å². The molecule has 0 heterocycles. The Balaban J connectivity index is 7.53. The summed E-state index contributed by atoms with van der Waals surface area (Å²) >= 11 is 0. The van der Waals surface area contributed by atoms with E-state index in [1.807, 2.05) is 0 Å². The summed E-state index contributed by atoms with van der Waals surface area (Å²) in [5, 5.41) is 21.5. The summed E-state index contributed by atoms with van der Waals surface area (Å²) in [7, 11) is 1.55. The smallest absolute Gasteiger partial charge is 0.243 e. The highest BCUT2D eigenvalue weighted by Crippen LogP contribution is 2.11. The van der Waals surface area contributed by atoms with Gasteiger partial charge in [0.05, 0.1) is 6.04 Å². The lowest BCUT2D eigenvalue weighted by atomic mass is 10.0. The van der Waals surface area contributed by atoms with Gasteiger partial charge in [0.25, 0.3) is 0 Å². The largest absolute Gasteiger partial charge is 0.370 e. The molecule has 0 aliphatic carbocycles. The highest BCUT2D eigenvalue weighted by molar-refractivity contribution is 5.98. The number of hydrogen-bond donors (Lipinski definition) is 25. The van der Waals surface area contributed by atoms with Gasteiger partial charge in [-0.1, -0.05) is 0 Å². The highest BCUT2D eigenvalue weighted by atomic mass is 16.2. The Hall–Kier alpha value is -10.1. The summed E-state index contributed by atoms with van der Waals surface area (Å²) in [4.78, 5) is 144. The van der Waals surface area contributed by atoms with E-state index in [1.54, 1.807) is 7.05 Å². The van der Waals surface area contributed by atoms with Crippen molar-refractivity contribution in [1.29, 1.82) is 0 Å². The minimum Gasteiger partial charge on any atom is -0.370 e. The molecule has 42 N–H and O–H groups in total. The molecule has 0 saturated carbocycles. The second kappa shape index (κ2) is 46.1. The van der Waals surface area contributed by atoms with E-state index >= 15 is 0 Å². The minimum absolute atomic E-state index is 0.00255. The Morgan fingerprint density at radius 2 is 0.367 bits per heavy atom. The molecule has 0 unspecified atom stereocenters. The van der Waals surface area contributed by atoms with Gasteiger partial charge in [-0.3, -0.25) is 78.3 Å². The zero-order chi connectivity index (χ0) is 68.1. The maximum absolute atomic E-state index is 14.7. The molecule has 510 valence electrons. The second-order valence-electron chi connectivity index (χ2n) is 20.3. The third-order valence-corrected chi connectivity index (χ3v) is 12.7. The van der Waals surface area contributed by atoms with Crippen LogP contribution in [-0.4, -0.2) is 203 Å². The minimum atomic E-state index is -1.50. The van der Waals surface area contributed by atoms with Gasteiger partial charge in [0.1, 0.15) is 42.3 Å². The molecule has 0 fully saturated rings. The van der Waals surface area contributed by atoms with Crippen molar-refractivity contribution in [3.63, 3.8) is 0 Å². The number of primary amides is 1. The van der Waals surface area contributed by atoms with E-state index in [0.29, 0.717) is 6.42 Å². The van der Waals surface area contributed by atoms with Gasteiger partial charge in [0.2, 0.25) is 47.3 Å². The molecule has 0 spiro atoms. The molecule has 0 radical (unpaired) electrons. The Morgan fingerprint density at radius 3 is 0.511 bits per heavy atom. The number of nitrogens with one attached hydrogen (secondary N) is 8. The quantitative estimate of drug-likeness (QED) is 0.0153. The molecule has 0 aliphatic rings. The van der Waals surface area contributed by atoms with Gasteiger partial charge in [0, 0.05) is 52.4 Å². The first kappa shape index (κ1) is 79.9. The van der Waals surface area contributed by atoms with E-state index in [0.717, 1.165) is 0 Å². The van der Waals surface area contributed by atoms with E-state index in [9.17, 15) is 38.4 Å². The lowest BCUT2D eigenvalue weighted by Gasteiger charge is -2.28. The standard InChI is InChI=1S/C49H101N33O8/c1-67-27(11-3-19-69-43(53)54)35(84)77-29(13-5-21-71-45(57)58)37(86)79-31(15-7-23-73-47(61)62)39(88)81-33(17-9-25-75-49(65)66)41(90)82-32(16-8-24-74-48(63)64)40(89)80-30(14-6-22-72-46(59)60)38(87)78-28(12-4-20-70-44(55)56)36(85)76-26(34(50)83)10-2-18-68-42(51)52/h26-33,67H,2-25H2,1H3,(H2,50,83)(H,76,85)(H,77,84)(H,78,87)(H,79,86)(H,80,89)(H,81,88)(H,82,90)(H4,51,52,68)(H4,53,54,69)(H4,55,56,70)(H4,57,58,71)(H4,59,60,72)(H4,61,62,73)(H4,63,64,74)(H4,65,66,75)/t26-,27-,28-,29-,30-,31-,32-,33-/m0/s1. The average molecular weight is 1280 g/mol. The fourth-order valence-corrected chi connectivity index (χ4v) is 8.24. The predicted octanol–water partition coefficient (Wildman–Crippen LogP) is -12.1. The number of nitrogens with zero attached hydrogens (tertiary/aromatic N) is 8. The van der Waals surface area contributed by atoms with Crippen molar-refractivity contribution in [3.8, 4) is 0 Å². The molecule has 8 amide bonds. The van der Waals surface area contributed by atoms with Gasteiger partial charge in [-0.2, -0.15) is 0 Å². The Morgan fingerprint density at radius 1 is 0.233 bits per heavy atom. The molecule has 41 heteroatoms. The monoisotopic (exact) mass is 1280 g/mol. The van der Waals surface area contributed by atoms with Gasteiger partial charge < -0.3 is 140 Å². The van der Waals surface area contributed by atoms with Gasteiger partial charge >= 0.3 is 0 Å². The molecular formula is C49H101N33O8. The molecule has 0 bridgehead atoms. The number of likely N-dealkylation sites (N-methyl/N-ethyl adjacent to an activating group) is 1. The van der Waals surface area contributed by atoms with Crippen LogP contribution in [0.5, 0.6) is 0 Å². The van der Waals surface area contributed by atoms with Crippen molar-refractivity contribution >= 4 is 94.9 Å². The Labute approximate surface area is 522 Å². The van der Waals surface area contributed by atoms with Crippen molar-refractivity contribution in [2.45, 2.75) is 151 Å². The number of hydrogen-bond acceptors (Lipinski definition) is 17. The van der Waals surface area contributed by atoms with Crippen molar-refractivity contribution in [2.75, 3.05) is 59.4 Å². The van der Waals surface area contributed by atoms with Crippen LogP contribution in [0.1, 0.15) is 103 Å². The molecule has 41 nitrogen and oxygen atoms in total. The molecule has 90 heavy (non-hydrogen) atoms. The van der Waals surface area contributed by atoms with Crippen LogP contribution in [-0.2, 0) is 38.4 Å². The second-order valence-corrected chi connectivity index (χ2v) is 20.3. The summed E-state index contributed by atoms with van der Waals surface area (Å²) in [6, 6.07) is -10.6. The normalized spacial score (nSPS) is 13.3. The van der Waals surface area contributed by atoms with Crippen LogP contribution in [0.4, 0.5) is 0 Å². The van der Waals surface area contributed by atoms with Gasteiger partial charge in [-0.15, -0.1) is 0 Å². The summed E-state index contributed by atoms with van der Waals surface area (Å²) < 4.78 is 0. The van der Waals surface area contributed by atoms with Crippen LogP contribution in [0.2, 0.25) is 0 Å². The average Bonchev–Trinajstić information content (AvgIpc) is 1.45. The van der Waals surface area contributed by atoms with Gasteiger partial charge in [0.15, 0.2) is 47.7 Å². The topological polar surface area (TPSA) is 774 Å². The lowest BCUT2D eigenvalue weighted by molar-refractivity contribution is -0.136. The first-order chi connectivity index (χ1) is 42.5. The molecule has 0 aliphatic heterocycles. The number of guanidine groups is 8. The maximum atomic E-state index is 14.7. The molecule has 0 aromatic heterocycles. The van der Waals surface area contributed by atoms with Crippen LogP contribution in [0.15, 0.2) is 39.9 Å². The molecular weight excluding hydrogens is 1180 g/mol. The summed E-state index contributed by atoms with van der Waals surface area (Å²) in [5.41, 5.74) is 94.0. The first-order valence-corrected chi connectivity index (χ1v) is 29.0. The summed E-state index contributed by atoms with van der Waals surface area (Å²) in [6.07, 6.45) is 0.790. The Bertz CT molecular complexity index is 2490.